The second-order valence-corrected chi connectivity index (χ2v) is 30.6. The van der Waals surface area contributed by atoms with Crippen LogP contribution in [0.3, 0.4) is 0 Å². The summed E-state index contributed by atoms with van der Waals surface area (Å²) in [6.45, 7) is 4.99. The molecule has 0 saturated carbocycles. The first-order valence-electron chi connectivity index (χ1n) is 44.2. The van der Waals surface area contributed by atoms with E-state index < -0.39 is 12.1 Å². The molecule has 0 aliphatic rings. The van der Waals surface area contributed by atoms with Gasteiger partial charge in [-0.2, -0.15) is 0 Å². The lowest BCUT2D eigenvalue weighted by atomic mass is 10.0. The first kappa shape index (κ1) is 94.1. The van der Waals surface area contributed by atoms with Crippen LogP contribution in [0.4, 0.5) is 0 Å². The molecule has 1 amide bonds. The van der Waals surface area contributed by atoms with E-state index in [1.54, 1.807) is 0 Å². The van der Waals surface area contributed by atoms with Crippen molar-refractivity contribution in [1.29, 1.82) is 0 Å². The molecule has 6 heteroatoms. The molecular formula is C90H173NO5. The van der Waals surface area contributed by atoms with Crippen LogP contribution in [0.25, 0.3) is 0 Å². The maximum atomic E-state index is 12.6. The predicted molar refractivity (Wildman–Crippen MR) is 426 cm³/mol. The van der Waals surface area contributed by atoms with Crippen LogP contribution in [0.1, 0.15) is 502 Å². The van der Waals surface area contributed by atoms with E-state index in [0.717, 1.165) is 51.4 Å². The zero-order chi connectivity index (χ0) is 69.1. The number of aliphatic hydroxyl groups excluding tert-OH is 2. The molecule has 0 heterocycles. The van der Waals surface area contributed by atoms with Crippen molar-refractivity contribution in [2.24, 2.45) is 0 Å². The van der Waals surface area contributed by atoms with E-state index in [-0.39, 0.29) is 18.5 Å². The van der Waals surface area contributed by atoms with Gasteiger partial charge in [0, 0.05) is 12.8 Å². The Morgan fingerprint density at radius 1 is 0.292 bits per heavy atom. The molecule has 0 aromatic rings. The van der Waals surface area contributed by atoms with Gasteiger partial charge in [0.05, 0.1) is 25.4 Å². The zero-order valence-corrected chi connectivity index (χ0v) is 65.4. The van der Waals surface area contributed by atoms with Crippen molar-refractivity contribution in [3.8, 4) is 0 Å². The van der Waals surface area contributed by atoms with Gasteiger partial charge in [-0.3, -0.25) is 9.59 Å². The fraction of sp³-hybridized carbons (Fsp3) is 0.911. The lowest BCUT2D eigenvalue weighted by Gasteiger charge is -2.22. The Morgan fingerprint density at radius 3 is 0.812 bits per heavy atom. The Bertz CT molecular complexity index is 1560. The molecule has 3 N–H and O–H groups in total. The van der Waals surface area contributed by atoms with Gasteiger partial charge >= 0.3 is 5.97 Å². The molecule has 96 heavy (non-hydrogen) atoms. The van der Waals surface area contributed by atoms with Crippen molar-refractivity contribution >= 4 is 11.9 Å². The second kappa shape index (κ2) is 85.5. The second-order valence-electron chi connectivity index (χ2n) is 30.6. The molecule has 2 atom stereocenters. The Labute approximate surface area is 602 Å². The van der Waals surface area contributed by atoms with Gasteiger partial charge in [-0.15, -0.1) is 0 Å². The van der Waals surface area contributed by atoms with Crippen LogP contribution in [0.15, 0.2) is 36.5 Å². The first-order valence-corrected chi connectivity index (χ1v) is 44.2. The number of rotatable bonds is 84. The van der Waals surface area contributed by atoms with E-state index >= 15 is 0 Å². The molecule has 2 unspecified atom stereocenters. The van der Waals surface area contributed by atoms with Gasteiger partial charge < -0.3 is 20.3 Å². The van der Waals surface area contributed by atoms with Crippen molar-refractivity contribution in [3.05, 3.63) is 36.5 Å². The third kappa shape index (κ3) is 81.0. The Kier molecular flexibility index (Phi) is 83.8. The number of amides is 1. The Hall–Kier alpha value is -1.92. The van der Waals surface area contributed by atoms with Crippen LogP contribution >= 0.6 is 0 Å². The molecule has 0 fully saturated rings. The third-order valence-electron chi connectivity index (χ3n) is 20.9. The molecule has 0 radical (unpaired) electrons. The van der Waals surface area contributed by atoms with Crippen LogP contribution in [-0.4, -0.2) is 47.4 Å². The molecule has 0 aromatic heterocycles. The summed E-state index contributed by atoms with van der Waals surface area (Å²) < 4.78 is 5.51. The van der Waals surface area contributed by atoms with Gasteiger partial charge in [-0.05, 0) is 83.5 Å². The van der Waals surface area contributed by atoms with E-state index in [2.05, 4.69) is 55.6 Å². The number of hydrogen-bond acceptors (Lipinski definition) is 5. The van der Waals surface area contributed by atoms with E-state index in [9.17, 15) is 19.8 Å². The predicted octanol–water partition coefficient (Wildman–Crippen LogP) is 29.7. The van der Waals surface area contributed by atoms with Crippen molar-refractivity contribution in [1.82, 2.24) is 5.32 Å². The number of allylic oxidation sites excluding steroid dienone is 6. The molecule has 6 nitrogen and oxygen atoms in total. The minimum atomic E-state index is -0.663. The highest BCUT2D eigenvalue weighted by Crippen LogP contribution is 2.21. The summed E-state index contributed by atoms with van der Waals surface area (Å²) in [5, 5.41) is 23.5. The largest absolute Gasteiger partial charge is 0.466 e. The van der Waals surface area contributed by atoms with Crippen molar-refractivity contribution < 1.29 is 24.5 Å². The van der Waals surface area contributed by atoms with Crippen LogP contribution in [0.5, 0.6) is 0 Å². The average Bonchev–Trinajstić information content (AvgIpc) is 2.88. The average molecular weight is 1350 g/mol. The van der Waals surface area contributed by atoms with Crippen molar-refractivity contribution in [2.45, 2.75) is 514 Å². The normalized spacial score (nSPS) is 12.6. The van der Waals surface area contributed by atoms with Crippen LogP contribution in [0, 0.1) is 0 Å². The van der Waals surface area contributed by atoms with Crippen LogP contribution < -0.4 is 5.32 Å². The third-order valence-corrected chi connectivity index (χ3v) is 20.9. The van der Waals surface area contributed by atoms with Gasteiger partial charge in [0.2, 0.25) is 5.91 Å². The highest BCUT2D eigenvalue weighted by Gasteiger charge is 2.20. The summed E-state index contributed by atoms with van der Waals surface area (Å²) in [7, 11) is 0. The van der Waals surface area contributed by atoms with Gasteiger partial charge in [0.1, 0.15) is 0 Å². The van der Waals surface area contributed by atoms with Crippen molar-refractivity contribution in [2.75, 3.05) is 13.2 Å². The van der Waals surface area contributed by atoms with E-state index in [1.807, 2.05) is 0 Å². The number of aliphatic hydroxyl groups is 2. The summed E-state index contributed by atoms with van der Waals surface area (Å²) in [5.74, 6) is -0.00976. The highest BCUT2D eigenvalue weighted by atomic mass is 16.5. The molecule has 0 rings (SSSR count). The number of carbonyl (C=O) groups is 2. The van der Waals surface area contributed by atoms with Crippen molar-refractivity contribution in [3.63, 3.8) is 0 Å². The zero-order valence-electron chi connectivity index (χ0n) is 65.4. The SMILES string of the molecule is CCCCCC/C=C\C/C=C\CCCCCCCCCC(=O)OCCCCCCCCCCCCCCCCCC/C=C\CCCCCCCCCCCCCCCCCCCC(=O)NC(CO)C(O)CCCCCCCCCCCCCCCCCCCCCCCCCC. The van der Waals surface area contributed by atoms with Gasteiger partial charge in [-0.1, -0.05) is 442 Å². The molecule has 0 saturated heterocycles. The highest BCUT2D eigenvalue weighted by molar-refractivity contribution is 5.76. The number of unbranched alkanes of at least 4 members (excludes halogenated alkanes) is 67. The number of carbonyl (C=O) groups excluding carboxylic acids is 2. The maximum Gasteiger partial charge on any atom is 0.305 e. The lowest BCUT2D eigenvalue weighted by Crippen LogP contribution is -2.45. The molecule has 0 aliphatic heterocycles. The molecular weight excluding hydrogens is 1170 g/mol. The smallest absolute Gasteiger partial charge is 0.305 e. The van der Waals surface area contributed by atoms with Crippen LogP contribution in [-0.2, 0) is 14.3 Å². The molecule has 0 aliphatic carbocycles. The standard InChI is InChI=1S/C90H173NO5/c1-3-5-7-9-11-13-15-17-19-21-23-24-25-41-44-47-50-54-58-62-66-70-74-78-82-88(93)87(86-92)91-89(94)83-79-75-71-67-63-59-55-51-48-45-42-39-37-35-33-31-29-27-26-28-30-32-34-36-38-40-43-46-49-53-57-61-65-69-73-77-81-85-96-90(95)84-80-76-72-68-64-60-56-52-22-20-18-16-14-12-10-8-6-4-2/h14,16,20,22,26,28,87-88,92-93H,3-13,15,17-19,21,23-25,27,29-86H2,1-2H3,(H,91,94)/b16-14-,22-20-,28-26-. The Morgan fingerprint density at radius 2 is 0.521 bits per heavy atom. The number of hydrogen-bond donors (Lipinski definition) is 3. The van der Waals surface area contributed by atoms with Crippen LogP contribution in [0.2, 0.25) is 0 Å². The fourth-order valence-corrected chi connectivity index (χ4v) is 14.2. The molecule has 0 aromatic carbocycles. The van der Waals surface area contributed by atoms with Gasteiger partial charge in [0.15, 0.2) is 0 Å². The summed E-state index contributed by atoms with van der Waals surface area (Å²) in [6, 6.07) is -0.540. The minimum Gasteiger partial charge on any atom is -0.466 e. The molecule has 0 bridgehead atoms. The summed E-state index contributed by atoms with van der Waals surface area (Å²) >= 11 is 0. The maximum absolute atomic E-state index is 12.6. The molecule has 0 spiro atoms. The fourth-order valence-electron chi connectivity index (χ4n) is 14.2. The number of nitrogens with one attached hydrogen (secondary N) is 1. The summed E-state index contributed by atoms with van der Waals surface area (Å²) in [4.78, 5) is 24.7. The first-order chi connectivity index (χ1) is 47.5. The topological polar surface area (TPSA) is 95.9 Å². The van der Waals surface area contributed by atoms with E-state index in [4.69, 9.17) is 4.74 Å². The summed E-state index contributed by atoms with van der Waals surface area (Å²) in [5.41, 5.74) is 0. The number of esters is 1. The monoisotopic (exact) mass is 1350 g/mol. The van der Waals surface area contributed by atoms with E-state index in [1.165, 1.54) is 417 Å². The van der Waals surface area contributed by atoms with Gasteiger partial charge in [0.25, 0.3) is 0 Å². The Balaban J connectivity index is 3.33. The molecule has 568 valence electrons. The van der Waals surface area contributed by atoms with Gasteiger partial charge in [-0.25, -0.2) is 0 Å². The van der Waals surface area contributed by atoms with E-state index in [0.29, 0.717) is 25.9 Å². The summed E-state index contributed by atoms with van der Waals surface area (Å²) in [6.07, 6.45) is 113. The minimum absolute atomic E-state index is 0.0151. The number of ether oxygens (including phenoxy) is 1. The quantitative estimate of drug-likeness (QED) is 0.0320. The lowest BCUT2D eigenvalue weighted by molar-refractivity contribution is -0.143.